The van der Waals surface area contributed by atoms with Gasteiger partial charge in [0.05, 0.1) is 11.4 Å². The Labute approximate surface area is 157 Å². The summed E-state index contributed by atoms with van der Waals surface area (Å²) in [6.07, 6.45) is 0. The third-order valence-corrected chi connectivity index (χ3v) is 4.87. The van der Waals surface area contributed by atoms with E-state index in [4.69, 9.17) is 5.73 Å². The van der Waals surface area contributed by atoms with Crippen molar-refractivity contribution in [2.45, 2.75) is 41.5 Å². The summed E-state index contributed by atoms with van der Waals surface area (Å²) in [5.74, 6) is 0. The molecule has 0 heterocycles. The Bertz CT molecular complexity index is 849. The number of hydrogen-bond acceptors (Lipinski definition) is 2. The van der Waals surface area contributed by atoms with Crippen LogP contribution in [0, 0.1) is 41.5 Å². The van der Waals surface area contributed by atoms with Gasteiger partial charge in [-0.25, -0.2) is 0 Å². The maximum Gasteiger partial charge on any atom is 0.0520 e. The molecule has 0 aliphatic carbocycles. The van der Waals surface area contributed by atoms with E-state index in [1.54, 1.807) is 0 Å². The lowest BCUT2D eigenvalue weighted by Gasteiger charge is -2.32. The van der Waals surface area contributed by atoms with E-state index in [1.807, 2.05) is 12.1 Å². The average Bonchev–Trinajstić information content (AvgIpc) is 2.52. The molecule has 2 N–H and O–H groups in total. The molecule has 0 spiro atoms. The first kappa shape index (κ1) is 18.1. The van der Waals surface area contributed by atoms with Crippen LogP contribution >= 0.6 is 0 Å². The summed E-state index contributed by atoms with van der Waals surface area (Å²) in [7, 11) is 0. The van der Waals surface area contributed by atoms with Crippen molar-refractivity contribution >= 4 is 22.7 Å². The van der Waals surface area contributed by atoms with Crippen LogP contribution in [0.2, 0.25) is 0 Å². The van der Waals surface area contributed by atoms with E-state index in [0.717, 1.165) is 11.4 Å². The van der Waals surface area contributed by atoms with Gasteiger partial charge in [0, 0.05) is 11.4 Å². The highest BCUT2D eigenvalue weighted by molar-refractivity contribution is 5.84. The van der Waals surface area contributed by atoms with Crippen LogP contribution in [0.1, 0.15) is 33.4 Å². The van der Waals surface area contributed by atoms with Crippen LogP contribution in [0.25, 0.3) is 0 Å². The van der Waals surface area contributed by atoms with Gasteiger partial charge in [0.2, 0.25) is 0 Å². The maximum absolute atomic E-state index is 5.94. The molecule has 0 aliphatic heterocycles. The summed E-state index contributed by atoms with van der Waals surface area (Å²) in [5.41, 5.74) is 18.0. The molecule has 2 heteroatoms. The highest BCUT2D eigenvalue weighted by atomic mass is 15.2. The Morgan fingerprint density at radius 3 is 1.27 bits per heavy atom. The molecule has 0 unspecified atom stereocenters. The number of aryl methyl sites for hydroxylation is 6. The standard InChI is InChI=1S/C24H28N2/c1-15-11-17(3)23(18(4)12-15)26(22-9-7-21(25)8-10-22)24-19(5)13-16(2)14-20(24)6/h7-14H,25H2,1-6H3. The molecule has 0 aromatic heterocycles. The summed E-state index contributed by atoms with van der Waals surface area (Å²) < 4.78 is 0. The van der Waals surface area contributed by atoms with E-state index >= 15 is 0 Å². The predicted octanol–water partition coefficient (Wildman–Crippen LogP) is 6.59. The minimum absolute atomic E-state index is 0.781. The summed E-state index contributed by atoms with van der Waals surface area (Å²) in [6.45, 7) is 13.1. The molecule has 0 aliphatic rings. The van der Waals surface area contributed by atoms with Crippen molar-refractivity contribution in [2.75, 3.05) is 10.6 Å². The minimum atomic E-state index is 0.781. The molecule has 26 heavy (non-hydrogen) atoms. The summed E-state index contributed by atoms with van der Waals surface area (Å²) >= 11 is 0. The Morgan fingerprint density at radius 2 is 0.923 bits per heavy atom. The zero-order valence-corrected chi connectivity index (χ0v) is 16.6. The molecule has 0 amide bonds. The molecule has 3 rings (SSSR count). The summed E-state index contributed by atoms with van der Waals surface area (Å²) in [4.78, 5) is 2.38. The number of nitrogen functional groups attached to an aromatic ring is 1. The van der Waals surface area contributed by atoms with Crippen molar-refractivity contribution < 1.29 is 0 Å². The van der Waals surface area contributed by atoms with E-state index in [9.17, 15) is 0 Å². The highest BCUT2D eigenvalue weighted by Crippen LogP contribution is 2.42. The van der Waals surface area contributed by atoms with E-state index in [0.29, 0.717) is 0 Å². The SMILES string of the molecule is Cc1cc(C)c(N(c2ccc(N)cc2)c2c(C)cc(C)cc2C)c(C)c1. The summed E-state index contributed by atoms with van der Waals surface area (Å²) in [5, 5.41) is 0. The van der Waals surface area contributed by atoms with Crippen molar-refractivity contribution in [3.63, 3.8) is 0 Å². The number of benzene rings is 3. The lowest BCUT2D eigenvalue weighted by Crippen LogP contribution is -2.16. The topological polar surface area (TPSA) is 29.3 Å². The third-order valence-electron chi connectivity index (χ3n) is 4.87. The zero-order valence-electron chi connectivity index (χ0n) is 16.6. The fourth-order valence-corrected chi connectivity index (χ4v) is 4.04. The van der Waals surface area contributed by atoms with Crippen molar-refractivity contribution in [2.24, 2.45) is 0 Å². The van der Waals surface area contributed by atoms with Gasteiger partial charge >= 0.3 is 0 Å². The average molecular weight is 345 g/mol. The summed E-state index contributed by atoms with van der Waals surface area (Å²) in [6, 6.07) is 17.2. The molecule has 0 saturated heterocycles. The maximum atomic E-state index is 5.94. The van der Waals surface area contributed by atoms with Gasteiger partial charge in [-0.3, -0.25) is 0 Å². The second-order valence-electron chi connectivity index (χ2n) is 7.42. The molecule has 2 nitrogen and oxygen atoms in total. The van der Waals surface area contributed by atoms with Crippen LogP contribution in [0.15, 0.2) is 48.5 Å². The first-order valence-corrected chi connectivity index (χ1v) is 9.09. The van der Waals surface area contributed by atoms with Gasteiger partial charge < -0.3 is 10.6 Å². The van der Waals surface area contributed by atoms with Crippen molar-refractivity contribution in [3.05, 3.63) is 81.9 Å². The fourth-order valence-electron chi connectivity index (χ4n) is 4.04. The zero-order chi connectivity index (χ0) is 19.0. The van der Waals surface area contributed by atoms with Gasteiger partial charge in [-0.15, -0.1) is 0 Å². The van der Waals surface area contributed by atoms with Crippen LogP contribution in [0.3, 0.4) is 0 Å². The van der Waals surface area contributed by atoms with Crippen molar-refractivity contribution in [3.8, 4) is 0 Å². The van der Waals surface area contributed by atoms with E-state index in [-0.39, 0.29) is 0 Å². The second kappa shape index (κ2) is 6.87. The quantitative estimate of drug-likeness (QED) is 0.543. The van der Waals surface area contributed by atoms with Crippen LogP contribution in [-0.4, -0.2) is 0 Å². The van der Waals surface area contributed by atoms with E-state index in [1.165, 1.54) is 44.8 Å². The van der Waals surface area contributed by atoms with Gasteiger partial charge in [0.15, 0.2) is 0 Å². The number of rotatable bonds is 3. The Hall–Kier alpha value is -2.74. The van der Waals surface area contributed by atoms with Crippen molar-refractivity contribution in [1.29, 1.82) is 0 Å². The molecular weight excluding hydrogens is 316 g/mol. The number of nitrogens with two attached hydrogens (primary N) is 1. The largest absolute Gasteiger partial charge is 0.399 e. The van der Waals surface area contributed by atoms with Gasteiger partial charge in [-0.1, -0.05) is 35.4 Å². The van der Waals surface area contributed by atoms with Gasteiger partial charge in [-0.2, -0.15) is 0 Å². The molecule has 3 aromatic carbocycles. The molecule has 0 atom stereocenters. The molecule has 0 bridgehead atoms. The lowest BCUT2D eigenvalue weighted by molar-refractivity contribution is 1.16. The third kappa shape index (κ3) is 3.32. The van der Waals surface area contributed by atoms with Crippen molar-refractivity contribution in [1.82, 2.24) is 0 Å². The monoisotopic (exact) mass is 344 g/mol. The normalized spacial score (nSPS) is 10.8. The van der Waals surface area contributed by atoms with Gasteiger partial charge in [0.25, 0.3) is 0 Å². The number of anilines is 4. The first-order valence-electron chi connectivity index (χ1n) is 9.09. The number of nitrogens with zero attached hydrogens (tertiary/aromatic N) is 1. The Balaban J connectivity index is 2.34. The number of hydrogen-bond donors (Lipinski definition) is 1. The van der Waals surface area contributed by atoms with Crippen LogP contribution in [0.4, 0.5) is 22.7 Å². The Morgan fingerprint density at radius 1 is 0.577 bits per heavy atom. The van der Waals surface area contributed by atoms with Gasteiger partial charge in [-0.05, 0) is 88.1 Å². The first-order chi connectivity index (χ1) is 12.3. The van der Waals surface area contributed by atoms with Crippen LogP contribution in [-0.2, 0) is 0 Å². The predicted molar refractivity (Wildman–Crippen MR) is 114 cm³/mol. The molecule has 0 saturated carbocycles. The molecule has 3 aromatic rings. The smallest absolute Gasteiger partial charge is 0.0520 e. The molecular formula is C24H28N2. The molecule has 0 radical (unpaired) electrons. The Kier molecular flexibility index (Phi) is 4.78. The van der Waals surface area contributed by atoms with Crippen LogP contribution < -0.4 is 10.6 Å². The van der Waals surface area contributed by atoms with E-state index in [2.05, 4.69) is 82.8 Å². The van der Waals surface area contributed by atoms with E-state index < -0.39 is 0 Å². The highest BCUT2D eigenvalue weighted by Gasteiger charge is 2.20. The second-order valence-corrected chi connectivity index (χ2v) is 7.42. The van der Waals surface area contributed by atoms with Gasteiger partial charge in [0.1, 0.15) is 0 Å². The molecule has 134 valence electrons. The van der Waals surface area contributed by atoms with Crippen LogP contribution in [0.5, 0.6) is 0 Å². The molecule has 0 fully saturated rings. The minimum Gasteiger partial charge on any atom is -0.399 e. The fraction of sp³-hybridized carbons (Fsp3) is 0.250. The lowest BCUT2D eigenvalue weighted by atomic mass is 9.99.